The number of nitro benzene ring substituents is 1. The third kappa shape index (κ3) is 4.91. The number of carbonyl (C=O) groups is 1. The number of fused-ring (bicyclic) bond motifs is 1. The molecule has 11 heteroatoms. The van der Waals surface area contributed by atoms with Crippen molar-refractivity contribution in [1.82, 2.24) is 4.57 Å². The smallest absolute Gasteiger partial charge is 0.338 e. The minimum atomic E-state index is -0.714. The highest BCUT2D eigenvalue weighted by molar-refractivity contribution is 7.07. The van der Waals surface area contributed by atoms with Crippen LogP contribution in [0.4, 0.5) is 5.69 Å². The minimum absolute atomic E-state index is 0.0247. The topological polar surface area (TPSA) is 117 Å². The first-order valence-corrected chi connectivity index (χ1v) is 13.5. The maximum atomic E-state index is 13.8. The van der Waals surface area contributed by atoms with Crippen LogP contribution >= 0.6 is 22.9 Å². The zero-order chi connectivity index (χ0) is 28.7. The van der Waals surface area contributed by atoms with Gasteiger partial charge in [-0.15, -0.1) is 0 Å². The molecule has 0 fully saturated rings. The van der Waals surface area contributed by atoms with E-state index in [1.54, 1.807) is 31.2 Å². The Labute approximate surface area is 237 Å². The number of rotatable bonds is 6. The Bertz CT molecular complexity index is 1860. The summed E-state index contributed by atoms with van der Waals surface area (Å²) in [7, 11) is 1.30. The molecular weight excluding hydrogens is 554 g/mol. The molecule has 2 aromatic carbocycles. The van der Waals surface area contributed by atoms with Gasteiger partial charge in [0.1, 0.15) is 16.5 Å². The minimum Gasteiger partial charge on any atom is -0.466 e. The number of thiazole rings is 1. The van der Waals surface area contributed by atoms with Gasteiger partial charge in [0.25, 0.3) is 11.2 Å². The van der Waals surface area contributed by atoms with E-state index in [-0.39, 0.29) is 16.3 Å². The summed E-state index contributed by atoms with van der Waals surface area (Å²) in [5.74, 6) is 0.525. The Hall–Kier alpha value is -4.28. The van der Waals surface area contributed by atoms with Crippen LogP contribution in [0.3, 0.4) is 0 Å². The molecule has 0 saturated heterocycles. The van der Waals surface area contributed by atoms with Crippen molar-refractivity contribution in [3.8, 4) is 11.3 Å². The van der Waals surface area contributed by atoms with Crippen molar-refractivity contribution in [1.29, 1.82) is 0 Å². The van der Waals surface area contributed by atoms with Crippen molar-refractivity contribution in [3.05, 3.63) is 118 Å². The third-order valence-corrected chi connectivity index (χ3v) is 7.98. The molecule has 0 amide bonds. The number of methoxy groups -OCH3 is 1. The number of halogens is 1. The fourth-order valence-electron chi connectivity index (χ4n) is 4.59. The number of hydrogen-bond acceptors (Lipinski definition) is 8. The number of furan rings is 1. The van der Waals surface area contributed by atoms with E-state index >= 15 is 0 Å². The van der Waals surface area contributed by atoms with E-state index in [0.717, 1.165) is 11.1 Å². The zero-order valence-corrected chi connectivity index (χ0v) is 23.6. The maximum absolute atomic E-state index is 13.8. The van der Waals surface area contributed by atoms with Crippen LogP contribution in [0, 0.1) is 10.1 Å². The molecule has 0 radical (unpaired) electrons. The van der Waals surface area contributed by atoms with Gasteiger partial charge < -0.3 is 9.15 Å². The van der Waals surface area contributed by atoms with Gasteiger partial charge in [0.15, 0.2) is 4.80 Å². The summed E-state index contributed by atoms with van der Waals surface area (Å²) >= 11 is 7.11. The number of carbonyl (C=O) groups excluding carboxylic acids is 1. The Morgan fingerprint density at radius 3 is 2.58 bits per heavy atom. The highest BCUT2D eigenvalue weighted by Crippen LogP contribution is 2.33. The van der Waals surface area contributed by atoms with Gasteiger partial charge in [-0.3, -0.25) is 19.5 Å². The summed E-state index contributed by atoms with van der Waals surface area (Å²) < 4.78 is 12.8. The Balaban J connectivity index is 1.61. The Morgan fingerprint density at radius 2 is 1.93 bits per heavy atom. The molecule has 1 aliphatic heterocycles. The average molecular weight is 578 g/mol. The number of allylic oxidation sites excluding steroid dienone is 1. The normalized spacial score (nSPS) is 15.2. The van der Waals surface area contributed by atoms with E-state index in [1.807, 2.05) is 24.3 Å². The molecule has 2 aromatic heterocycles. The lowest BCUT2D eigenvalue weighted by Crippen LogP contribution is -2.39. The molecule has 40 heavy (non-hydrogen) atoms. The summed E-state index contributed by atoms with van der Waals surface area (Å²) in [4.78, 5) is 42.3. The molecule has 0 N–H and O–H groups in total. The standard InChI is InChI=1S/C29H24ClN3O6S/c1-15(2)17-5-7-18(8-6-17)26-25(28(35)38-4)16(3)31-29-32(26)27(34)24(40-29)14-20-10-12-23(39-20)19-9-11-21(30)22(13-19)33(36)37/h5-15,26H,1-4H3/b24-14-/t26-/m1/s1. The lowest BCUT2D eigenvalue weighted by atomic mass is 9.93. The van der Waals surface area contributed by atoms with Gasteiger partial charge in [-0.1, -0.05) is 61.1 Å². The molecular formula is C29H24ClN3O6S. The average Bonchev–Trinajstić information content (AvgIpc) is 3.52. The SMILES string of the molecule is COC(=O)C1=C(C)N=c2s/c(=C\c3ccc(-c4ccc(Cl)c([N+](=O)[O-])c4)o3)c(=O)n2[C@@H]1c1ccc(C(C)C)cc1. The van der Waals surface area contributed by atoms with Crippen molar-refractivity contribution in [2.24, 2.45) is 4.99 Å². The third-order valence-electron chi connectivity index (χ3n) is 6.67. The molecule has 5 rings (SSSR count). The van der Waals surface area contributed by atoms with Crippen LogP contribution in [0.25, 0.3) is 17.4 Å². The van der Waals surface area contributed by atoms with Crippen LogP contribution in [0.5, 0.6) is 0 Å². The summed E-state index contributed by atoms with van der Waals surface area (Å²) in [6.07, 6.45) is 1.59. The highest BCUT2D eigenvalue weighted by Gasteiger charge is 2.33. The number of nitro groups is 1. The van der Waals surface area contributed by atoms with Gasteiger partial charge >= 0.3 is 5.97 Å². The first-order chi connectivity index (χ1) is 19.1. The Kier molecular flexibility index (Phi) is 7.31. The monoisotopic (exact) mass is 577 g/mol. The van der Waals surface area contributed by atoms with Gasteiger partial charge in [0.2, 0.25) is 0 Å². The zero-order valence-electron chi connectivity index (χ0n) is 22.0. The summed E-state index contributed by atoms with van der Waals surface area (Å²) in [5, 5.41) is 11.3. The lowest BCUT2D eigenvalue weighted by molar-refractivity contribution is -0.384. The molecule has 0 bridgehead atoms. The molecule has 0 saturated carbocycles. The predicted octanol–water partition coefficient (Wildman–Crippen LogP) is 5.35. The molecule has 0 unspecified atom stereocenters. The summed E-state index contributed by atoms with van der Waals surface area (Å²) in [6.45, 7) is 5.91. The summed E-state index contributed by atoms with van der Waals surface area (Å²) in [6, 6.07) is 14.8. The van der Waals surface area contributed by atoms with Crippen LogP contribution in [0.15, 0.2) is 80.1 Å². The van der Waals surface area contributed by atoms with Crippen LogP contribution < -0.4 is 14.9 Å². The fourth-order valence-corrected chi connectivity index (χ4v) is 5.81. The molecule has 1 atom stereocenters. The number of benzene rings is 2. The van der Waals surface area contributed by atoms with E-state index in [0.29, 0.717) is 43.6 Å². The second kappa shape index (κ2) is 10.7. The van der Waals surface area contributed by atoms with Gasteiger partial charge in [-0.2, -0.15) is 0 Å². The molecule has 9 nitrogen and oxygen atoms in total. The highest BCUT2D eigenvalue weighted by atomic mass is 35.5. The largest absolute Gasteiger partial charge is 0.466 e. The lowest BCUT2D eigenvalue weighted by Gasteiger charge is -2.24. The maximum Gasteiger partial charge on any atom is 0.338 e. The van der Waals surface area contributed by atoms with Crippen LogP contribution in [-0.4, -0.2) is 22.6 Å². The predicted molar refractivity (Wildman–Crippen MR) is 152 cm³/mol. The van der Waals surface area contributed by atoms with E-state index in [9.17, 15) is 19.7 Å². The number of ether oxygens (including phenoxy) is 1. The van der Waals surface area contributed by atoms with Gasteiger partial charge in [0.05, 0.1) is 33.9 Å². The van der Waals surface area contributed by atoms with Crippen molar-refractivity contribution >= 4 is 40.7 Å². The first kappa shape index (κ1) is 27.3. The van der Waals surface area contributed by atoms with Crippen LogP contribution in [0.2, 0.25) is 5.02 Å². The first-order valence-electron chi connectivity index (χ1n) is 12.3. The Morgan fingerprint density at radius 1 is 1.20 bits per heavy atom. The van der Waals surface area contributed by atoms with Crippen molar-refractivity contribution in [2.75, 3.05) is 7.11 Å². The second-order valence-electron chi connectivity index (χ2n) is 9.52. The summed E-state index contributed by atoms with van der Waals surface area (Å²) in [5.41, 5.74) is 2.57. The van der Waals surface area contributed by atoms with Gasteiger partial charge in [-0.25, -0.2) is 9.79 Å². The van der Waals surface area contributed by atoms with E-state index < -0.39 is 16.9 Å². The number of aromatic nitrogens is 1. The van der Waals surface area contributed by atoms with Crippen molar-refractivity contribution in [2.45, 2.75) is 32.7 Å². The van der Waals surface area contributed by atoms with E-state index in [2.05, 4.69) is 18.8 Å². The molecule has 0 spiro atoms. The number of esters is 1. The fraction of sp³-hybridized carbons (Fsp3) is 0.207. The number of hydrogen-bond donors (Lipinski definition) is 0. The number of nitrogens with zero attached hydrogens (tertiary/aromatic N) is 3. The molecule has 3 heterocycles. The molecule has 1 aliphatic rings. The van der Waals surface area contributed by atoms with Crippen molar-refractivity contribution in [3.63, 3.8) is 0 Å². The molecule has 0 aliphatic carbocycles. The molecule has 4 aromatic rings. The molecule has 204 valence electrons. The van der Waals surface area contributed by atoms with Crippen molar-refractivity contribution < 1.29 is 18.9 Å². The van der Waals surface area contributed by atoms with Gasteiger partial charge in [0, 0.05) is 17.7 Å². The van der Waals surface area contributed by atoms with Crippen LogP contribution in [0.1, 0.15) is 49.6 Å². The van der Waals surface area contributed by atoms with Crippen LogP contribution in [-0.2, 0) is 9.53 Å². The van der Waals surface area contributed by atoms with Gasteiger partial charge in [-0.05, 0) is 48.2 Å². The quantitative estimate of drug-likeness (QED) is 0.173. The van der Waals surface area contributed by atoms with E-state index in [4.69, 9.17) is 20.8 Å². The second-order valence-corrected chi connectivity index (χ2v) is 10.9. The van der Waals surface area contributed by atoms with E-state index in [1.165, 1.54) is 35.1 Å².